The van der Waals surface area contributed by atoms with Gasteiger partial charge in [-0.1, -0.05) is 36.4 Å². The number of carbonyl (C=O) groups excluding carboxylic acids is 1. The van der Waals surface area contributed by atoms with Gasteiger partial charge in [-0.15, -0.1) is 0 Å². The fraction of sp³-hybridized carbons (Fsp3) is 0.261. The molecule has 4 rings (SSSR count). The van der Waals surface area contributed by atoms with Crippen LogP contribution >= 0.6 is 11.6 Å². The highest BCUT2D eigenvalue weighted by Gasteiger charge is 2.25. The number of hydrogen-bond acceptors (Lipinski definition) is 6. The first-order chi connectivity index (χ1) is 15.0. The van der Waals surface area contributed by atoms with Crippen LogP contribution in [0.5, 0.6) is 0 Å². The van der Waals surface area contributed by atoms with Gasteiger partial charge in [-0.3, -0.25) is 0 Å². The minimum atomic E-state index is -0.294. The molecule has 0 radical (unpaired) electrons. The summed E-state index contributed by atoms with van der Waals surface area (Å²) in [5.74, 6) is 1.24. The van der Waals surface area contributed by atoms with Crippen LogP contribution in [0.3, 0.4) is 0 Å². The fourth-order valence-corrected chi connectivity index (χ4v) is 3.83. The third kappa shape index (κ3) is 4.27. The lowest BCUT2D eigenvalue weighted by Gasteiger charge is -2.35. The zero-order valence-electron chi connectivity index (χ0n) is 17.2. The maximum atomic E-state index is 12.0. The summed E-state index contributed by atoms with van der Waals surface area (Å²) in [5, 5.41) is 11.2. The summed E-state index contributed by atoms with van der Waals surface area (Å²) in [4.78, 5) is 25.4. The lowest BCUT2D eigenvalue weighted by atomic mass is 10.1. The maximum absolute atomic E-state index is 12.0. The van der Waals surface area contributed by atoms with Crippen molar-refractivity contribution >= 4 is 40.2 Å². The number of aliphatic hydroxyl groups is 1. The summed E-state index contributed by atoms with van der Waals surface area (Å²) in [6.07, 6.45) is -0.294. The van der Waals surface area contributed by atoms with Crippen LogP contribution in [-0.2, 0) is 4.74 Å². The lowest BCUT2D eigenvalue weighted by Crippen LogP contribution is -2.49. The lowest BCUT2D eigenvalue weighted by molar-refractivity contribution is 0.105. The molecular formula is C23H23ClN4O3. The molecule has 31 heavy (non-hydrogen) atoms. The Morgan fingerprint density at radius 3 is 2.58 bits per heavy atom. The van der Waals surface area contributed by atoms with Gasteiger partial charge in [-0.05, 0) is 31.2 Å². The number of fused-ring (bicyclic) bond motifs is 1. The number of aromatic nitrogens is 2. The topological polar surface area (TPSA) is 78.8 Å². The molecule has 1 aliphatic heterocycles. The summed E-state index contributed by atoms with van der Waals surface area (Å²) in [6.45, 7) is 8.07. The first-order valence-electron chi connectivity index (χ1n) is 10.1. The molecule has 0 spiro atoms. The number of aliphatic hydroxyl groups excluding tert-OH is 1. The van der Waals surface area contributed by atoms with E-state index < -0.39 is 0 Å². The van der Waals surface area contributed by atoms with Gasteiger partial charge in [0.15, 0.2) is 5.82 Å². The second-order valence-electron chi connectivity index (χ2n) is 7.20. The minimum Gasteiger partial charge on any atom is -0.508 e. The molecule has 2 heterocycles. The van der Waals surface area contributed by atoms with Crippen molar-refractivity contribution in [1.29, 1.82) is 0 Å². The highest BCUT2D eigenvalue weighted by molar-refractivity contribution is 6.33. The number of amides is 1. The van der Waals surface area contributed by atoms with Crippen molar-refractivity contribution in [3.8, 4) is 11.4 Å². The number of ether oxygens (including phenoxy) is 1. The third-order valence-corrected chi connectivity index (χ3v) is 5.56. The number of anilines is 1. The van der Waals surface area contributed by atoms with Crippen LogP contribution in [0.1, 0.15) is 12.5 Å². The number of piperazine rings is 1. The van der Waals surface area contributed by atoms with Gasteiger partial charge in [0.25, 0.3) is 0 Å². The summed E-state index contributed by atoms with van der Waals surface area (Å²) in [7, 11) is 0. The molecule has 2 aromatic carbocycles. The molecule has 1 aliphatic rings. The van der Waals surface area contributed by atoms with Crippen molar-refractivity contribution in [2.24, 2.45) is 0 Å². The van der Waals surface area contributed by atoms with E-state index >= 15 is 0 Å². The van der Waals surface area contributed by atoms with Crippen LogP contribution in [0.25, 0.3) is 28.0 Å². The van der Waals surface area contributed by atoms with E-state index in [1.807, 2.05) is 24.3 Å². The average Bonchev–Trinajstić information content (AvgIpc) is 2.78. The van der Waals surface area contributed by atoms with Gasteiger partial charge in [0.2, 0.25) is 0 Å². The van der Waals surface area contributed by atoms with Crippen molar-refractivity contribution in [3.63, 3.8) is 0 Å². The Balaban J connectivity index is 1.76. The van der Waals surface area contributed by atoms with Gasteiger partial charge in [0, 0.05) is 42.7 Å². The predicted octanol–water partition coefficient (Wildman–Crippen LogP) is 4.76. The molecule has 1 N–H and O–H groups in total. The second-order valence-corrected chi connectivity index (χ2v) is 7.61. The standard InChI is InChI=1S/C23H23ClN4O3/c1-3-31-23(30)28-12-10-27(11-13-28)22-18-9-8-16(15(2)29)14-20(18)25-21(26-22)17-6-4-5-7-19(17)24/h4-9,14,29H,2-3,10-13H2,1H3. The highest BCUT2D eigenvalue weighted by Crippen LogP contribution is 2.32. The van der Waals surface area contributed by atoms with Crippen LogP contribution in [0.2, 0.25) is 5.02 Å². The van der Waals surface area contributed by atoms with E-state index in [1.54, 1.807) is 30.0 Å². The van der Waals surface area contributed by atoms with Crippen molar-refractivity contribution in [2.75, 3.05) is 37.7 Å². The van der Waals surface area contributed by atoms with Crippen molar-refractivity contribution in [1.82, 2.24) is 14.9 Å². The number of benzene rings is 2. The third-order valence-electron chi connectivity index (χ3n) is 5.23. The molecule has 0 aliphatic carbocycles. The van der Waals surface area contributed by atoms with E-state index in [-0.39, 0.29) is 11.9 Å². The van der Waals surface area contributed by atoms with E-state index in [2.05, 4.69) is 11.5 Å². The monoisotopic (exact) mass is 438 g/mol. The van der Waals surface area contributed by atoms with Crippen LogP contribution < -0.4 is 4.90 Å². The molecule has 0 bridgehead atoms. The molecule has 1 aromatic heterocycles. The van der Waals surface area contributed by atoms with Gasteiger partial charge >= 0.3 is 6.09 Å². The van der Waals surface area contributed by atoms with Gasteiger partial charge in [-0.2, -0.15) is 0 Å². The first-order valence-corrected chi connectivity index (χ1v) is 10.5. The molecule has 3 aromatic rings. The fourth-order valence-electron chi connectivity index (χ4n) is 3.61. The Bertz CT molecular complexity index is 1140. The largest absolute Gasteiger partial charge is 0.508 e. The van der Waals surface area contributed by atoms with E-state index in [9.17, 15) is 9.90 Å². The van der Waals surface area contributed by atoms with Gasteiger partial charge in [0.1, 0.15) is 11.6 Å². The summed E-state index contributed by atoms with van der Waals surface area (Å²) in [6, 6.07) is 12.9. The normalized spacial score (nSPS) is 14.0. The molecule has 1 fully saturated rings. The molecule has 1 amide bonds. The van der Waals surface area contributed by atoms with Crippen molar-refractivity contribution in [3.05, 3.63) is 59.6 Å². The molecule has 0 atom stereocenters. The number of nitrogens with zero attached hydrogens (tertiary/aromatic N) is 4. The quantitative estimate of drug-likeness (QED) is 0.592. The Morgan fingerprint density at radius 1 is 1.16 bits per heavy atom. The SMILES string of the molecule is C=C(O)c1ccc2c(N3CCN(C(=O)OCC)CC3)nc(-c3ccccc3Cl)nc2c1. The maximum Gasteiger partial charge on any atom is 0.409 e. The number of halogens is 1. The molecule has 8 heteroatoms. The van der Waals surface area contributed by atoms with Crippen LogP contribution in [0, 0.1) is 0 Å². The molecule has 0 saturated carbocycles. The van der Waals surface area contributed by atoms with Crippen molar-refractivity contribution in [2.45, 2.75) is 6.92 Å². The van der Waals surface area contributed by atoms with Crippen LogP contribution in [0.15, 0.2) is 49.0 Å². The Hall–Kier alpha value is -3.32. The Labute approximate surface area is 185 Å². The summed E-state index contributed by atoms with van der Waals surface area (Å²) >= 11 is 6.41. The van der Waals surface area contributed by atoms with Crippen molar-refractivity contribution < 1.29 is 14.6 Å². The van der Waals surface area contributed by atoms with E-state index in [1.165, 1.54) is 0 Å². The average molecular weight is 439 g/mol. The van der Waals surface area contributed by atoms with Crippen LogP contribution in [-0.4, -0.2) is 58.9 Å². The van der Waals surface area contributed by atoms with Gasteiger partial charge in [0.05, 0.1) is 17.1 Å². The Kier molecular flexibility index (Phi) is 5.95. The van der Waals surface area contributed by atoms with E-state index in [0.717, 1.165) is 16.8 Å². The number of rotatable bonds is 4. The van der Waals surface area contributed by atoms with Crippen LogP contribution in [0.4, 0.5) is 10.6 Å². The summed E-state index contributed by atoms with van der Waals surface area (Å²) in [5.41, 5.74) is 2.00. The van der Waals surface area contributed by atoms with Gasteiger partial charge in [-0.25, -0.2) is 14.8 Å². The molecule has 7 nitrogen and oxygen atoms in total. The van der Waals surface area contributed by atoms with E-state index in [0.29, 0.717) is 54.7 Å². The Morgan fingerprint density at radius 2 is 1.90 bits per heavy atom. The zero-order chi connectivity index (χ0) is 22.0. The zero-order valence-corrected chi connectivity index (χ0v) is 18.0. The minimum absolute atomic E-state index is 0.0237. The second kappa shape index (κ2) is 8.81. The predicted molar refractivity (Wildman–Crippen MR) is 122 cm³/mol. The molecule has 1 saturated heterocycles. The smallest absolute Gasteiger partial charge is 0.409 e. The number of hydrogen-bond donors (Lipinski definition) is 1. The van der Waals surface area contributed by atoms with E-state index in [4.69, 9.17) is 26.3 Å². The highest BCUT2D eigenvalue weighted by atomic mass is 35.5. The summed E-state index contributed by atoms with van der Waals surface area (Å²) < 4.78 is 5.11. The number of carbonyl (C=O) groups is 1. The molecular weight excluding hydrogens is 416 g/mol. The van der Waals surface area contributed by atoms with Gasteiger partial charge < -0.3 is 19.6 Å². The molecule has 160 valence electrons. The molecule has 0 unspecified atom stereocenters. The first kappa shape index (κ1) is 20.9.